The Morgan fingerprint density at radius 2 is 0.515 bits per heavy atom. The topological polar surface area (TPSA) is 237 Å². The molecule has 0 aromatic carbocycles. The van der Waals surface area contributed by atoms with E-state index in [1.54, 1.807) is 0 Å². The predicted molar refractivity (Wildman–Crippen MR) is 405 cm³/mol. The molecule has 3 unspecified atom stereocenters. The minimum atomic E-state index is -4.96. The van der Waals surface area contributed by atoms with Gasteiger partial charge >= 0.3 is 39.5 Å². The number of phosphoric ester groups is 2. The van der Waals surface area contributed by atoms with Crippen molar-refractivity contribution in [3.63, 3.8) is 0 Å². The monoisotopic (exact) mass is 1450 g/mol. The molecule has 99 heavy (non-hydrogen) atoms. The number of aliphatic hydroxyl groups excluding tert-OH is 1. The maximum absolute atomic E-state index is 13.1. The van der Waals surface area contributed by atoms with Crippen molar-refractivity contribution in [2.45, 2.75) is 433 Å². The Morgan fingerprint density at radius 1 is 0.293 bits per heavy atom. The zero-order valence-corrected chi connectivity index (χ0v) is 66.8. The van der Waals surface area contributed by atoms with Crippen molar-refractivity contribution in [3.8, 4) is 0 Å². The predicted octanol–water partition coefficient (Wildman–Crippen LogP) is 23.7. The van der Waals surface area contributed by atoms with Crippen molar-refractivity contribution in [2.24, 2.45) is 17.8 Å². The smallest absolute Gasteiger partial charge is 0.462 e. The van der Waals surface area contributed by atoms with E-state index in [-0.39, 0.29) is 25.7 Å². The highest BCUT2D eigenvalue weighted by Gasteiger charge is 2.30. The first-order valence-electron chi connectivity index (χ1n) is 41.4. The van der Waals surface area contributed by atoms with E-state index in [0.29, 0.717) is 25.7 Å². The van der Waals surface area contributed by atoms with Gasteiger partial charge in [0.2, 0.25) is 0 Å². The van der Waals surface area contributed by atoms with Crippen molar-refractivity contribution in [2.75, 3.05) is 39.6 Å². The molecule has 0 heterocycles. The molecule has 0 aliphatic rings. The molecule has 0 aromatic heterocycles. The molecule has 0 amide bonds. The number of aliphatic hydroxyl groups is 1. The highest BCUT2D eigenvalue weighted by molar-refractivity contribution is 7.47. The third-order valence-electron chi connectivity index (χ3n) is 19.0. The van der Waals surface area contributed by atoms with E-state index in [1.807, 2.05) is 0 Å². The SMILES string of the molecule is CCCCCCCCCCCCCCCCCCCCC(=O)OC[C@H](COP(=O)(O)OC[C@@H](O)COP(=O)(O)OC[C@@H](COC(=O)CCCCCCCCCCC(C)C)OC(=O)CCCCCCCCCCC(C)CC)OC(=O)CCCCCCCCCCCCCCCCCC(C)C. The van der Waals surface area contributed by atoms with Crippen LogP contribution in [0.25, 0.3) is 0 Å². The third-order valence-corrected chi connectivity index (χ3v) is 20.9. The quantitative estimate of drug-likeness (QED) is 0.0222. The largest absolute Gasteiger partial charge is 0.472 e. The van der Waals surface area contributed by atoms with Crippen LogP contribution in [-0.2, 0) is 65.4 Å². The van der Waals surface area contributed by atoms with Gasteiger partial charge in [-0.1, -0.05) is 363 Å². The van der Waals surface area contributed by atoms with Gasteiger partial charge in [0.15, 0.2) is 12.2 Å². The summed E-state index contributed by atoms with van der Waals surface area (Å²) in [5.41, 5.74) is 0. The lowest BCUT2D eigenvalue weighted by atomic mass is 9.99. The van der Waals surface area contributed by atoms with Gasteiger partial charge in [-0.2, -0.15) is 0 Å². The molecule has 0 rings (SSSR count). The maximum Gasteiger partial charge on any atom is 0.472 e. The summed E-state index contributed by atoms with van der Waals surface area (Å²) < 4.78 is 68.7. The van der Waals surface area contributed by atoms with Crippen LogP contribution in [0.15, 0.2) is 0 Å². The van der Waals surface area contributed by atoms with Crippen LogP contribution in [0.3, 0.4) is 0 Å². The highest BCUT2D eigenvalue weighted by Crippen LogP contribution is 2.45. The van der Waals surface area contributed by atoms with E-state index in [4.69, 9.17) is 37.0 Å². The van der Waals surface area contributed by atoms with E-state index in [1.165, 1.54) is 225 Å². The number of carbonyl (C=O) groups excluding carboxylic acids is 4. The zero-order valence-electron chi connectivity index (χ0n) is 65.0. The average molecular weight is 1450 g/mol. The Morgan fingerprint density at radius 3 is 0.768 bits per heavy atom. The van der Waals surface area contributed by atoms with Crippen LogP contribution in [-0.4, -0.2) is 96.7 Å². The van der Waals surface area contributed by atoms with Gasteiger partial charge in [-0.25, -0.2) is 9.13 Å². The number of esters is 4. The Labute approximate surface area is 607 Å². The van der Waals surface area contributed by atoms with Crippen LogP contribution >= 0.6 is 15.6 Å². The minimum Gasteiger partial charge on any atom is -0.462 e. The second kappa shape index (κ2) is 70.4. The second-order valence-corrected chi connectivity index (χ2v) is 32.9. The standard InChI is InChI=1S/C80H156O17P2/c1-8-10-11-12-13-14-15-16-17-18-19-22-25-28-31-40-47-54-61-77(82)90-67-75(96-79(84)63-56-49-42-32-29-26-23-20-21-24-27-30-37-44-51-58-71(3)4)69-94-98(86,87)92-65-74(81)66-93-99(88,89)95-70-76(68-91-78(83)62-55-48-41-35-33-38-45-52-59-72(5)6)97-80(85)64-57-50-43-36-34-39-46-53-60-73(7)9-2/h71-76,81H,8-70H2,1-7H3,(H,86,87)(H,88,89)/t73?,74-,75-,76-/m1/s1. The molecule has 0 radical (unpaired) electrons. The fourth-order valence-electron chi connectivity index (χ4n) is 12.3. The molecular weight excluding hydrogens is 1290 g/mol. The Hall–Kier alpha value is -1.94. The van der Waals surface area contributed by atoms with E-state index in [2.05, 4.69) is 48.5 Å². The fourth-order valence-corrected chi connectivity index (χ4v) is 13.9. The number of hydrogen-bond donors (Lipinski definition) is 3. The Bertz CT molecular complexity index is 1920. The molecular formula is C80H156O17P2. The van der Waals surface area contributed by atoms with E-state index >= 15 is 0 Å². The Kier molecular flexibility index (Phi) is 69.0. The number of hydrogen-bond acceptors (Lipinski definition) is 15. The highest BCUT2D eigenvalue weighted by atomic mass is 31.2. The molecule has 0 aliphatic carbocycles. The molecule has 0 aliphatic heterocycles. The van der Waals surface area contributed by atoms with Crippen LogP contribution in [0.2, 0.25) is 0 Å². The number of phosphoric acid groups is 2. The number of unbranched alkanes of at least 4 members (excludes halogenated alkanes) is 45. The molecule has 0 fully saturated rings. The van der Waals surface area contributed by atoms with Gasteiger partial charge in [-0.05, 0) is 43.4 Å². The molecule has 0 saturated heterocycles. The lowest BCUT2D eigenvalue weighted by Gasteiger charge is -2.21. The van der Waals surface area contributed by atoms with Crippen molar-refractivity contribution in [1.29, 1.82) is 0 Å². The van der Waals surface area contributed by atoms with Crippen LogP contribution in [0.5, 0.6) is 0 Å². The van der Waals surface area contributed by atoms with Gasteiger partial charge in [-0.15, -0.1) is 0 Å². The van der Waals surface area contributed by atoms with Crippen LogP contribution in [0.4, 0.5) is 0 Å². The molecule has 19 heteroatoms. The Balaban J connectivity index is 5.24. The maximum atomic E-state index is 13.1. The summed E-state index contributed by atoms with van der Waals surface area (Å²) in [6, 6.07) is 0. The number of carbonyl (C=O) groups is 4. The summed E-state index contributed by atoms with van der Waals surface area (Å²) in [6.45, 7) is 11.9. The summed E-state index contributed by atoms with van der Waals surface area (Å²) in [4.78, 5) is 73.0. The zero-order chi connectivity index (χ0) is 73.0. The van der Waals surface area contributed by atoms with Gasteiger partial charge in [0.25, 0.3) is 0 Å². The lowest BCUT2D eigenvalue weighted by molar-refractivity contribution is -0.161. The van der Waals surface area contributed by atoms with Crippen molar-refractivity contribution < 1.29 is 80.2 Å². The van der Waals surface area contributed by atoms with Crippen molar-refractivity contribution >= 4 is 39.5 Å². The van der Waals surface area contributed by atoms with E-state index in [9.17, 15) is 43.2 Å². The summed E-state index contributed by atoms with van der Waals surface area (Å²) in [7, 11) is -9.92. The van der Waals surface area contributed by atoms with Crippen LogP contribution in [0.1, 0.15) is 414 Å². The number of rotatable bonds is 78. The fraction of sp³-hybridized carbons (Fsp3) is 0.950. The molecule has 588 valence electrons. The first-order valence-corrected chi connectivity index (χ1v) is 44.4. The first kappa shape index (κ1) is 97.1. The second-order valence-electron chi connectivity index (χ2n) is 30.0. The van der Waals surface area contributed by atoms with Gasteiger partial charge < -0.3 is 33.8 Å². The van der Waals surface area contributed by atoms with Gasteiger partial charge in [0.1, 0.15) is 19.3 Å². The molecule has 17 nitrogen and oxygen atoms in total. The summed E-state index contributed by atoms with van der Waals surface area (Å²) in [6.07, 6.45) is 58.3. The van der Waals surface area contributed by atoms with E-state index in [0.717, 1.165) is 108 Å². The summed E-state index contributed by atoms with van der Waals surface area (Å²) >= 11 is 0. The summed E-state index contributed by atoms with van der Waals surface area (Å²) in [5.74, 6) is 0.184. The lowest BCUT2D eigenvalue weighted by Crippen LogP contribution is -2.30. The molecule has 0 aromatic rings. The molecule has 0 spiro atoms. The average Bonchev–Trinajstić information content (AvgIpc) is 0.993. The molecule has 0 saturated carbocycles. The van der Waals surface area contributed by atoms with Crippen molar-refractivity contribution in [3.05, 3.63) is 0 Å². The molecule has 3 N–H and O–H groups in total. The van der Waals surface area contributed by atoms with Gasteiger partial charge in [0.05, 0.1) is 26.4 Å². The normalized spacial score (nSPS) is 14.3. The third kappa shape index (κ3) is 72.8. The van der Waals surface area contributed by atoms with Crippen LogP contribution < -0.4 is 0 Å². The molecule has 6 atom stereocenters. The van der Waals surface area contributed by atoms with E-state index < -0.39 is 97.5 Å². The van der Waals surface area contributed by atoms with Gasteiger partial charge in [0, 0.05) is 25.7 Å². The molecule has 0 bridgehead atoms. The first-order chi connectivity index (χ1) is 47.8. The van der Waals surface area contributed by atoms with Gasteiger partial charge in [-0.3, -0.25) is 37.3 Å². The van der Waals surface area contributed by atoms with Crippen molar-refractivity contribution in [1.82, 2.24) is 0 Å². The number of ether oxygens (including phenoxy) is 4. The minimum absolute atomic E-state index is 0.104. The van der Waals surface area contributed by atoms with Crippen LogP contribution in [0, 0.1) is 17.8 Å². The summed E-state index contributed by atoms with van der Waals surface area (Å²) in [5, 5.41) is 10.6.